The molecule has 1 atom stereocenters. The highest BCUT2D eigenvalue weighted by Gasteiger charge is 2.14. The Morgan fingerprint density at radius 2 is 1.88 bits per heavy atom. The predicted molar refractivity (Wildman–Crippen MR) is 100.0 cm³/mol. The van der Waals surface area contributed by atoms with Crippen LogP contribution in [0, 0.1) is 6.92 Å². The maximum Gasteiger partial charge on any atom is 0.255 e. The molecular weight excluding hydrogens is 318 g/mol. The van der Waals surface area contributed by atoms with Gasteiger partial charge in [0, 0.05) is 34.1 Å². The molecule has 4 heteroatoms. The number of benzene rings is 2. The summed E-state index contributed by atoms with van der Waals surface area (Å²) in [6, 6.07) is 11.8. The number of amides is 1. The summed E-state index contributed by atoms with van der Waals surface area (Å²) in [5.74, 6) is 0.426. The second-order valence-corrected chi connectivity index (χ2v) is 7.89. The molecule has 0 aliphatic heterocycles. The monoisotopic (exact) mass is 341 g/mol. The van der Waals surface area contributed by atoms with E-state index in [0.29, 0.717) is 11.3 Å². The van der Waals surface area contributed by atoms with Crippen LogP contribution in [0.15, 0.2) is 36.4 Å². The molecular formula is C20H23NO2S. The third kappa shape index (κ3) is 3.75. The lowest BCUT2D eigenvalue weighted by Crippen LogP contribution is -2.15. The average molecular weight is 341 g/mol. The smallest absolute Gasteiger partial charge is 0.255 e. The van der Waals surface area contributed by atoms with Gasteiger partial charge in [0.25, 0.3) is 5.91 Å². The molecule has 0 spiro atoms. The number of hydrogen-bond acceptors (Lipinski definition) is 2. The molecule has 3 nitrogen and oxygen atoms in total. The summed E-state index contributed by atoms with van der Waals surface area (Å²) < 4.78 is 11.5. The van der Waals surface area contributed by atoms with Gasteiger partial charge in [-0.2, -0.15) is 0 Å². The van der Waals surface area contributed by atoms with Crippen LogP contribution in [0.5, 0.6) is 0 Å². The molecule has 0 heterocycles. The number of carbonyl (C=O) groups is 1. The first kappa shape index (κ1) is 16.9. The van der Waals surface area contributed by atoms with Crippen LogP contribution >= 0.6 is 0 Å². The van der Waals surface area contributed by atoms with Crippen LogP contribution in [0.3, 0.4) is 0 Å². The maximum absolute atomic E-state index is 12.6. The number of fused-ring (bicyclic) bond motifs is 1. The molecule has 2 aromatic rings. The summed E-state index contributed by atoms with van der Waals surface area (Å²) in [4.78, 5) is 12.6. The van der Waals surface area contributed by atoms with Crippen LogP contribution in [-0.2, 0) is 29.4 Å². The summed E-state index contributed by atoms with van der Waals surface area (Å²) in [6.45, 7) is 1.96. The lowest BCUT2D eigenvalue weighted by atomic mass is 9.90. The van der Waals surface area contributed by atoms with Crippen LogP contribution in [0.4, 0.5) is 5.69 Å². The minimum atomic E-state index is -0.898. The van der Waals surface area contributed by atoms with Gasteiger partial charge in [0.1, 0.15) is 0 Å². The fourth-order valence-corrected chi connectivity index (χ4v) is 4.01. The van der Waals surface area contributed by atoms with Crippen LogP contribution in [0.2, 0.25) is 0 Å². The molecule has 126 valence electrons. The van der Waals surface area contributed by atoms with E-state index in [1.54, 1.807) is 6.26 Å². The number of nitrogens with one attached hydrogen (secondary N) is 1. The second kappa shape index (κ2) is 7.31. The van der Waals surface area contributed by atoms with Gasteiger partial charge in [0.2, 0.25) is 0 Å². The summed E-state index contributed by atoms with van der Waals surface area (Å²) in [5, 5.41) is 3.01. The zero-order valence-corrected chi connectivity index (χ0v) is 15.0. The topological polar surface area (TPSA) is 46.2 Å². The van der Waals surface area contributed by atoms with Crippen molar-refractivity contribution >= 4 is 22.4 Å². The fourth-order valence-electron chi connectivity index (χ4n) is 3.26. The molecule has 0 fully saturated rings. The van der Waals surface area contributed by atoms with Crippen LogP contribution in [-0.4, -0.2) is 16.4 Å². The molecule has 1 aliphatic carbocycles. The average Bonchev–Trinajstić information content (AvgIpc) is 2.57. The highest BCUT2D eigenvalue weighted by atomic mass is 32.2. The summed E-state index contributed by atoms with van der Waals surface area (Å²) >= 11 is 0. The number of hydrogen-bond donors (Lipinski definition) is 1. The molecule has 1 N–H and O–H groups in total. The van der Waals surface area contributed by atoms with E-state index in [0.717, 1.165) is 29.7 Å². The SMILES string of the molecule is Cc1c(C[S@](C)=O)cccc1NC(=O)c1ccc2c(c1)CCCC2. The molecule has 2 aromatic carbocycles. The molecule has 1 amide bonds. The van der Waals surface area contributed by atoms with Crippen LogP contribution in [0.1, 0.15) is 45.5 Å². The first-order valence-electron chi connectivity index (χ1n) is 8.36. The number of aryl methyl sites for hydroxylation is 2. The van der Waals surface area contributed by atoms with Gasteiger partial charge in [-0.1, -0.05) is 18.2 Å². The van der Waals surface area contributed by atoms with Crippen molar-refractivity contribution in [3.8, 4) is 0 Å². The third-order valence-electron chi connectivity index (χ3n) is 4.66. The standard InChI is InChI=1S/C20H23NO2S/c1-14-18(13-24(2)23)8-5-9-19(14)21-20(22)17-11-10-15-6-3-4-7-16(15)12-17/h5,8-12H,3-4,6-7,13H2,1-2H3,(H,21,22)/t24-/m0/s1. The van der Waals surface area contributed by atoms with Crippen molar-refractivity contribution in [3.05, 3.63) is 64.2 Å². The molecule has 0 unspecified atom stereocenters. The van der Waals surface area contributed by atoms with Gasteiger partial charge in [0.15, 0.2) is 0 Å². The molecule has 0 aromatic heterocycles. The van der Waals surface area contributed by atoms with Crippen molar-refractivity contribution in [3.63, 3.8) is 0 Å². The van der Waals surface area contributed by atoms with Gasteiger partial charge in [0.05, 0.1) is 0 Å². The molecule has 0 saturated heterocycles. The normalized spacial score (nSPS) is 14.8. The predicted octanol–water partition coefficient (Wildman–Crippen LogP) is 4.00. The van der Waals surface area contributed by atoms with Crippen molar-refractivity contribution < 1.29 is 9.00 Å². The van der Waals surface area contributed by atoms with E-state index in [9.17, 15) is 9.00 Å². The molecule has 1 aliphatic rings. The Hall–Kier alpha value is -1.94. The molecule has 3 rings (SSSR count). The zero-order valence-electron chi connectivity index (χ0n) is 14.2. The second-order valence-electron chi connectivity index (χ2n) is 6.45. The Kier molecular flexibility index (Phi) is 5.14. The third-order valence-corrected chi connectivity index (χ3v) is 5.38. The lowest BCUT2D eigenvalue weighted by Gasteiger charge is -2.17. The van der Waals surface area contributed by atoms with Gasteiger partial charge in [-0.15, -0.1) is 0 Å². The first-order chi connectivity index (χ1) is 11.5. The summed E-state index contributed by atoms with van der Waals surface area (Å²) in [5.41, 5.74) is 6.18. The Balaban J connectivity index is 1.81. The highest BCUT2D eigenvalue weighted by Crippen LogP contribution is 2.24. The Bertz CT molecular complexity index is 798. The van der Waals surface area contributed by atoms with E-state index in [1.165, 1.54) is 24.0 Å². The molecule has 24 heavy (non-hydrogen) atoms. The van der Waals surface area contributed by atoms with Crippen LogP contribution in [0.25, 0.3) is 0 Å². The van der Waals surface area contributed by atoms with Crippen LogP contribution < -0.4 is 5.32 Å². The van der Waals surface area contributed by atoms with E-state index < -0.39 is 10.8 Å². The molecule has 0 radical (unpaired) electrons. The van der Waals surface area contributed by atoms with Crippen molar-refractivity contribution in [1.29, 1.82) is 0 Å². The van der Waals surface area contributed by atoms with E-state index in [2.05, 4.69) is 11.4 Å². The number of anilines is 1. The lowest BCUT2D eigenvalue weighted by molar-refractivity contribution is 0.102. The quantitative estimate of drug-likeness (QED) is 0.913. The number of carbonyl (C=O) groups excluding carboxylic acids is 1. The van der Waals surface area contributed by atoms with Crippen molar-refractivity contribution in [2.45, 2.75) is 38.4 Å². The van der Waals surface area contributed by atoms with Gasteiger partial charge >= 0.3 is 0 Å². The minimum absolute atomic E-state index is 0.0822. The zero-order chi connectivity index (χ0) is 17.1. The fraction of sp³-hybridized carbons (Fsp3) is 0.350. The summed E-state index contributed by atoms with van der Waals surface area (Å²) in [7, 11) is -0.898. The van der Waals surface area contributed by atoms with E-state index in [1.807, 2.05) is 37.3 Å². The van der Waals surface area contributed by atoms with Gasteiger partial charge in [-0.25, -0.2) is 0 Å². The first-order valence-corrected chi connectivity index (χ1v) is 10.1. The van der Waals surface area contributed by atoms with Gasteiger partial charge in [-0.3, -0.25) is 9.00 Å². The van der Waals surface area contributed by atoms with E-state index >= 15 is 0 Å². The van der Waals surface area contributed by atoms with Gasteiger partial charge < -0.3 is 5.32 Å². The van der Waals surface area contributed by atoms with E-state index in [-0.39, 0.29) is 5.91 Å². The summed E-state index contributed by atoms with van der Waals surface area (Å²) in [6.07, 6.45) is 6.31. The molecule has 0 saturated carbocycles. The molecule has 0 bridgehead atoms. The number of rotatable bonds is 4. The van der Waals surface area contributed by atoms with Crippen molar-refractivity contribution in [2.75, 3.05) is 11.6 Å². The van der Waals surface area contributed by atoms with E-state index in [4.69, 9.17) is 0 Å². The highest BCUT2D eigenvalue weighted by molar-refractivity contribution is 7.83. The largest absolute Gasteiger partial charge is 0.322 e. The van der Waals surface area contributed by atoms with Crippen molar-refractivity contribution in [2.24, 2.45) is 0 Å². The Morgan fingerprint density at radius 3 is 2.62 bits per heavy atom. The Morgan fingerprint density at radius 1 is 1.12 bits per heavy atom. The van der Waals surface area contributed by atoms with Crippen molar-refractivity contribution in [1.82, 2.24) is 0 Å². The van der Waals surface area contributed by atoms with Gasteiger partial charge in [-0.05, 0) is 73.1 Å². The Labute approximate surface area is 145 Å². The maximum atomic E-state index is 12.6. The minimum Gasteiger partial charge on any atom is -0.322 e.